The summed E-state index contributed by atoms with van der Waals surface area (Å²) in [5.74, 6) is -0.589. The fourth-order valence-electron chi connectivity index (χ4n) is 3.69. The molecular formula is C21H23N5O3. The molecule has 1 aliphatic heterocycles. The van der Waals surface area contributed by atoms with Crippen LogP contribution in [0, 0.1) is 12.8 Å². The lowest BCUT2D eigenvalue weighted by Crippen LogP contribution is -2.42. The molecule has 3 aromatic rings. The highest BCUT2D eigenvalue weighted by Gasteiger charge is 2.30. The van der Waals surface area contributed by atoms with Gasteiger partial charge in [0.25, 0.3) is 5.91 Å². The van der Waals surface area contributed by atoms with Crippen molar-refractivity contribution in [3.8, 4) is 5.69 Å². The monoisotopic (exact) mass is 393 g/mol. The summed E-state index contributed by atoms with van der Waals surface area (Å²) < 4.78 is 6.79. The molecule has 150 valence electrons. The quantitative estimate of drug-likeness (QED) is 0.633. The number of ether oxygens (including phenoxy) is 1. The van der Waals surface area contributed by atoms with Crippen molar-refractivity contribution in [3.63, 3.8) is 0 Å². The molecule has 3 heterocycles. The van der Waals surface area contributed by atoms with E-state index in [4.69, 9.17) is 4.74 Å². The van der Waals surface area contributed by atoms with Gasteiger partial charge in [-0.25, -0.2) is 4.98 Å². The number of aryl methyl sites for hydroxylation is 1. The highest BCUT2D eigenvalue weighted by atomic mass is 16.5. The van der Waals surface area contributed by atoms with E-state index in [2.05, 4.69) is 15.3 Å². The summed E-state index contributed by atoms with van der Waals surface area (Å²) in [6.45, 7) is 5.11. The Balaban J connectivity index is 1.62. The molecule has 8 nitrogen and oxygen atoms in total. The molecule has 0 saturated carbocycles. The number of hydrogen-bond donors (Lipinski definition) is 0. The number of amides is 1. The minimum absolute atomic E-state index is 0.0994. The van der Waals surface area contributed by atoms with Crippen molar-refractivity contribution in [3.05, 3.63) is 47.7 Å². The fraction of sp³-hybridized carbons (Fsp3) is 0.381. The zero-order chi connectivity index (χ0) is 20.4. The van der Waals surface area contributed by atoms with Crippen LogP contribution in [-0.4, -0.2) is 56.5 Å². The van der Waals surface area contributed by atoms with Crippen LogP contribution in [0.2, 0.25) is 0 Å². The lowest BCUT2D eigenvalue weighted by Gasteiger charge is -2.31. The summed E-state index contributed by atoms with van der Waals surface area (Å²) in [4.78, 5) is 31.3. The van der Waals surface area contributed by atoms with Crippen LogP contribution >= 0.6 is 0 Å². The number of carbonyl (C=O) groups is 2. The fourth-order valence-corrected chi connectivity index (χ4v) is 3.69. The molecule has 1 amide bonds. The number of esters is 1. The summed E-state index contributed by atoms with van der Waals surface area (Å²) in [5, 5.41) is 8.36. The first kappa shape index (κ1) is 19.0. The first-order valence-corrected chi connectivity index (χ1v) is 9.82. The number of benzene rings is 1. The Labute approximate surface area is 168 Å². The zero-order valence-corrected chi connectivity index (χ0v) is 16.5. The molecule has 0 unspecified atom stereocenters. The largest absolute Gasteiger partial charge is 0.466 e. The molecule has 1 fully saturated rings. The summed E-state index contributed by atoms with van der Waals surface area (Å²) in [7, 11) is 0. The second-order valence-corrected chi connectivity index (χ2v) is 7.19. The molecule has 1 aromatic carbocycles. The van der Waals surface area contributed by atoms with E-state index in [1.807, 2.05) is 37.3 Å². The van der Waals surface area contributed by atoms with E-state index in [0.717, 1.165) is 24.1 Å². The van der Waals surface area contributed by atoms with Gasteiger partial charge >= 0.3 is 5.97 Å². The zero-order valence-electron chi connectivity index (χ0n) is 16.5. The first-order chi connectivity index (χ1) is 14.1. The average molecular weight is 393 g/mol. The standard InChI is InChI=1S/C21H23N5O3/c1-3-29-21(28)16-6-5-11-25(13-16)20(27)15-9-8-14(2)18(12-15)26-19-17(23-24-26)7-4-10-22-19/h4,7-10,12,16H,3,5-6,11,13H2,1-2H3/t16-/m1/s1. The van der Waals surface area contributed by atoms with Crippen LogP contribution in [0.25, 0.3) is 16.9 Å². The van der Waals surface area contributed by atoms with Gasteiger partial charge in [-0.2, -0.15) is 4.68 Å². The highest BCUT2D eigenvalue weighted by molar-refractivity contribution is 5.95. The maximum absolute atomic E-state index is 13.1. The number of likely N-dealkylation sites (tertiary alicyclic amines) is 1. The number of fused-ring (bicyclic) bond motifs is 1. The maximum atomic E-state index is 13.1. The molecule has 0 bridgehead atoms. The van der Waals surface area contributed by atoms with Gasteiger partial charge < -0.3 is 9.64 Å². The van der Waals surface area contributed by atoms with Gasteiger partial charge in [0.05, 0.1) is 18.2 Å². The predicted molar refractivity (Wildman–Crippen MR) is 107 cm³/mol. The summed E-state index contributed by atoms with van der Waals surface area (Å²) in [6, 6.07) is 9.17. The Morgan fingerprint density at radius 2 is 2.14 bits per heavy atom. The van der Waals surface area contributed by atoms with Gasteiger partial charge in [0.2, 0.25) is 0 Å². The van der Waals surface area contributed by atoms with Gasteiger partial charge in [0.15, 0.2) is 5.65 Å². The third-order valence-corrected chi connectivity index (χ3v) is 5.22. The average Bonchev–Trinajstić information content (AvgIpc) is 3.18. The Bertz CT molecular complexity index is 1060. The summed E-state index contributed by atoms with van der Waals surface area (Å²) in [5.41, 5.74) is 3.60. The number of hydrogen-bond acceptors (Lipinski definition) is 6. The van der Waals surface area contributed by atoms with Crippen molar-refractivity contribution in [1.82, 2.24) is 24.9 Å². The second-order valence-electron chi connectivity index (χ2n) is 7.19. The minimum Gasteiger partial charge on any atom is -0.466 e. The molecular weight excluding hydrogens is 370 g/mol. The van der Waals surface area contributed by atoms with E-state index < -0.39 is 0 Å². The molecule has 29 heavy (non-hydrogen) atoms. The first-order valence-electron chi connectivity index (χ1n) is 9.82. The third-order valence-electron chi connectivity index (χ3n) is 5.22. The number of nitrogens with zero attached hydrogens (tertiary/aromatic N) is 5. The van der Waals surface area contributed by atoms with E-state index in [1.54, 1.807) is 22.7 Å². The van der Waals surface area contributed by atoms with Crippen molar-refractivity contribution in [2.45, 2.75) is 26.7 Å². The lowest BCUT2D eigenvalue weighted by atomic mass is 9.97. The van der Waals surface area contributed by atoms with Crippen LogP contribution < -0.4 is 0 Å². The van der Waals surface area contributed by atoms with Crippen LogP contribution in [0.1, 0.15) is 35.7 Å². The molecule has 0 spiro atoms. The van der Waals surface area contributed by atoms with Gasteiger partial charge in [-0.1, -0.05) is 11.3 Å². The van der Waals surface area contributed by atoms with Crippen LogP contribution in [0.5, 0.6) is 0 Å². The summed E-state index contributed by atoms with van der Waals surface area (Å²) in [6.07, 6.45) is 3.22. The number of pyridine rings is 1. The van der Waals surface area contributed by atoms with Gasteiger partial charge in [0.1, 0.15) is 5.52 Å². The molecule has 8 heteroatoms. The van der Waals surface area contributed by atoms with E-state index in [9.17, 15) is 9.59 Å². The van der Waals surface area contributed by atoms with Crippen LogP contribution in [-0.2, 0) is 9.53 Å². The van der Waals surface area contributed by atoms with Gasteiger partial charge in [-0.05, 0) is 56.5 Å². The van der Waals surface area contributed by atoms with Crippen LogP contribution in [0.4, 0.5) is 0 Å². The van der Waals surface area contributed by atoms with E-state index >= 15 is 0 Å². The number of rotatable bonds is 4. The maximum Gasteiger partial charge on any atom is 0.310 e. The number of carbonyl (C=O) groups excluding carboxylic acids is 2. The van der Waals surface area contributed by atoms with Crippen LogP contribution in [0.15, 0.2) is 36.5 Å². The third kappa shape index (κ3) is 3.70. The van der Waals surface area contributed by atoms with Gasteiger partial charge in [0, 0.05) is 24.8 Å². The van der Waals surface area contributed by atoms with E-state index in [0.29, 0.717) is 36.4 Å². The van der Waals surface area contributed by atoms with Gasteiger partial charge in [-0.3, -0.25) is 9.59 Å². The molecule has 4 rings (SSSR count). The molecule has 1 atom stereocenters. The number of piperidine rings is 1. The highest BCUT2D eigenvalue weighted by Crippen LogP contribution is 2.23. The molecule has 1 aliphatic rings. The minimum atomic E-state index is -0.263. The van der Waals surface area contributed by atoms with Gasteiger partial charge in [-0.15, -0.1) is 5.10 Å². The Hall–Kier alpha value is -3.29. The number of aromatic nitrogens is 4. The smallest absolute Gasteiger partial charge is 0.310 e. The Morgan fingerprint density at radius 1 is 1.28 bits per heavy atom. The molecule has 1 saturated heterocycles. The van der Waals surface area contributed by atoms with Crippen molar-refractivity contribution >= 4 is 23.0 Å². The normalized spacial score (nSPS) is 16.8. The second kappa shape index (κ2) is 7.98. The van der Waals surface area contributed by atoms with Crippen molar-refractivity contribution in [1.29, 1.82) is 0 Å². The Kier molecular flexibility index (Phi) is 5.24. The van der Waals surface area contributed by atoms with E-state index in [1.165, 1.54) is 0 Å². The topological polar surface area (TPSA) is 90.2 Å². The van der Waals surface area contributed by atoms with Crippen molar-refractivity contribution in [2.24, 2.45) is 5.92 Å². The SMILES string of the molecule is CCOC(=O)[C@@H]1CCCN(C(=O)c2ccc(C)c(-n3nnc4cccnc43)c2)C1. The predicted octanol–water partition coefficient (Wildman–Crippen LogP) is 2.54. The lowest BCUT2D eigenvalue weighted by molar-refractivity contribution is -0.149. The van der Waals surface area contributed by atoms with E-state index in [-0.39, 0.29) is 17.8 Å². The molecule has 2 aromatic heterocycles. The molecule has 0 N–H and O–H groups in total. The van der Waals surface area contributed by atoms with Crippen LogP contribution in [0.3, 0.4) is 0 Å². The van der Waals surface area contributed by atoms with Crippen molar-refractivity contribution < 1.29 is 14.3 Å². The summed E-state index contributed by atoms with van der Waals surface area (Å²) >= 11 is 0. The Morgan fingerprint density at radius 3 is 2.97 bits per heavy atom. The van der Waals surface area contributed by atoms with Crippen molar-refractivity contribution in [2.75, 3.05) is 19.7 Å². The molecule has 0 radical (unpaired) electrons. The molecule has 0 aliphatic carbocycles.